The molecule has 0 amide bonds. The molecule has 0 radical (unpaired) electrons. The number of carbonyl (C=O) groups excluding carboxylic acids is 4. The Bertz CT molecular complexity index is 1080. The second-order valence-corrected chi connectivity index (χ2v) is 12.6. The van der Waals surface area contributed by atoms with Gasteiger partial charge in [-0.1, -0.05) is 19.9 Å². The summed E-state index contributed by atoms with van der Waals surface area (Å²) < 4.78 is 26.7. The number of ketones is 2. The maximum absolute atomic E-state index is 15.7. The Morgan fingerprint density at radius 2 is 1.86 bits per heavy atom. The SMILES string of the molecule is CC(=O)OCC(=O)[C@]1(OC(C)=O)CC[C@H]2[C@@H]3C[C@@H](F)C4=CC(=O)C(Br)=C[C@]4(C)[C@@]3(Cl)[C@@H](Cl)C[C@@]21C. The van der Waals surface area contributed by atoms with Crippen LogP contribution in [0, 0.1) is 22.7 Å². The third-order valence-corrected chi connectivity index (χ3v) is 11.1. The Balaban J connectivity index is 1.82. The minimum absolute atomic E-state index is 0.0292. The van der Waals surface area contributed by atoms with Crippen LogP contribution >= 0.6 is 39.1 Å². The second kappa shape index (κ2) is 8.66. The normalized spacial score (nSPS) is 44.3. The van der Waals surface area contributed by atoms with Gasteiger partial charge in [-0.25, -0.2) is 4.39 Å². The van der Waals surface area contributed by atoms with Gasteiger partial charge in [-0.05, 0) is 65.1 Å². The lowest BCUT2D eigenvalue weighted by Gasteiger charge is -2.64. The minimum Gasteiger partial charge on any atom is -0.458 e. The predicted molar refractivity (Wildman–Crippen MR) is 131 cm³/mol. The van der Waals surface area contributed by atoms with E-state index in [4.69, 9.17) is 32.7 Å². The van der Waals surface area contributed by atoms with Crippen molar-refractivity contribution in [2.24, 2.45) is 22.7 Å². The number of Topliss-reactive ketones (excluding diaryl/α,β-unsaturated/α-hetero) is 1. The van der Waals surface area contributed by atoms with Gasteiger partial charge in [0.05, 0.1) is 14.7 Å². The average molecular weight is 594 g/mol. The molecule has 4 aliphatic rings. The topological polar surface area (TPSA) is 86.7 Å². The van der Waals surface area contributed by atoms with Crippen molar-refractivity contribution in [2.45, 2.75) is 75.4 Å². The highest BCUT2D eigenvalue weighted by molar-refractivity contribution is 9.12. The van der Waals surface area contributed by atoms with Crippen molar-refractivity contribution in [1.29, 1.82) is 0 Å². The average Bonchev–Trinajstić information content (AvgIpc) is 3.03. The molecule has 0 unspecified atom stereocenters. The molecule has 0 spiro atoms. The highest BCUT2D eigenvalue weighted by atomic mass is 79.9. The first-order valence-electron chi connectivity index (χ1n) is 11.6. The molecule has 0 N–H and O–H groups in total. The molecule has 0 aromatic carbocycles. The van der Waals surface area contributed by atoms with Crippen LogP contribution in [-0.4, -0.2) is 52.1 Å². The first-order chi connectivity index (χ1) is 16.1. The second-order valence-electron chi connectivity index (χ2n) is 10.6. The van der Waals surface area contributed by atoms with E-state index >= 15 is 4.39 Å². The van der Waals surface area contributed by atoms with Gasteiger partial charge in [0.1, 0.15) is 6.17 Å². The van der Waals surface area contributed by atoms with Crippen molar-refractivity contribution in [3.05, 3.63) is 22.2 Å². The summed E-state index contributed by atoms with van der Waals surface area (Å²) in [6.45, 7) is 5.52. The van der Waals surface area contributed by atoms with Crippen LogP contribution in [0.5, 0.6) is 0 Å². The van der Waals surface area contributed by atoms with Crippen LogP contribution in [0.4, 0.5) is 4.39 Å². The molecule has 0 aliphatic heterocycles. The number of rotatable bonds is 4. The molecule has 4 aliphatic carbocycles. The van der Waals surface area contributed by atoms with Gasteiger partial charge >= 0.3 is 11.9 Å². The van der Waals surface area contributed by atoms with E-state index in [1.165, 1.54) is 19.9 Å². The van der Waals surface area contributed by atoms with Crippen molar-refractivity contribution in [3.8, 4) is 0 Å². The first kappa shape index (κ1) is 26.8. The van der Waals surface area contributed by atoms with Gasteiger partial charge in [0.15, 0.2) is 18.0 Å². The number of carbonyl (C=O) groups is 4. The van der Waals surface area contributed by atoms with Crippen molar-refractivity contribution >= 4 is 62.6 Å². The monoisotopic (exact) mass is 592 g/mol. The maximum atomic E-state index is 15.7. The molecule has 0 heterocycles. The Hall–Kier alpha value is -1.25. The van der Waals surface area contributed by atoms with Gasteiger partial charge in [-0.15, -0.1) is 23.2 Å². The maximum Gasteiger partial charge on any atom is 0.303 e. The molecule has 0 saturated heterocycles. The van der Waals surface area contributed by atoms with Gasteiger partial charge in [0.25, 0.3) is 0 Å². The smallest absolute Gasteiger partial charge is 0.303 e. The lowest BCUT2D eigenvalue weighted by atomic mass is 9.46. The molecule has 192 valence electrons. The third-order valence-electron chi connectivity index (χ3n) is 8.94. The third kappa shape index (κ3) is 3.60. The summed E-state index contributed by atoms with van der Waals surface area (Å²) in [4.78, 5) is 48.2. The van der Waals surface area contributed by atoms with E-state index in [2.05, 4.69) is 15.9 Å². The Kier molecular flexibility index (Phi) is 6.63. The number of ether oxygens (including phenoxy) is 2. The van der Waals surface area contributed by atoms with E-state index < -0.39 is 63.1 Å². The van der Waals surface area contributed by atoms with Crippen LogP contribution in [0.1, 0.15) is 53.4 Å². The summed E-state index contributed by atoms with van der Waals surface area (Å²) in [7, 11) is 0. The standard InChI is InChI=1S/C25H28BrCl2FO6/c1-12(30)34-11-21(33)24(35-13(2)31)6-5-14-15-7-18(29)16-8-19(32)17(26)9-23(16,4)25(15,28)20(27)10-22(14,24)3/h8-9,14-15,18,20H,5-7,10-11H2,1-4H3/t14-,15-,18+,20-,22-,23-,24+,25-/m0/s1. The molecule has 0 aromatic rings. The van der Waals surface area contributed by atoms with E-state index in [0.29, 0.717) is 16.5 Å². The number of hydrogen-bond acceptors (Lipinski definition) is 6. The number of fused-ring (bicyclic) bond motifs is 5. The molecular formula is C25H28BrCl2FO6. The van der Waals surface area contributed by atoms with E-state index in [1.807, 2.05) is 6.92 Å². The zero-order valence-corrected chi connectivity index (χ0v) is 23.1. The number of hydrogen-bond donors (Lipinski definition) is 0. The van der Waals surface area contributed by atoms with Crippen LogP contribution in [0.2, 0.25) is 0 Å². The molecule has 3 fully saturated rings. The molecule has 0 bridgehead atoms. The molecule has 10 heteroatoms. The van der Waals surface area contributed by atoms with Gasteiger partial charge in [0, 0.05) is 24.7 Å². The van der Waals surface area contributed by atoms with E-state index in [-0.39, 0.29) is 31.0 Å². The zero-order chi connectivity index (χ0) is 26.1. The molecule has 35 heavy (non-hydrogen) atoms. The van der Waals surface area contributed by atoms with Gasteiger partial charge in [0.2, 0.25) is 5.78 Å². The van der Waals surface area contributed by atoms with Gasteiger partial charge < -0.3 is 9.47 Å². The minimum atomic E-state index is -1.58. The number of esters is 2. The predicted octanol–water partition coefficient (Wildman–Crippen LogP) is 4.98. The van der Waals surface area contributed by atoms with Crippen molar-refractivity contribution < 1.29 is 33.0 Å². The Morgan fingerprint density at radius 1 is 1.20 bits per heavy atom. The number of allylic oxidation sites excluding steroid dienone is 4. The van der Waals surface area contributed by atoms with Crippen LogP contribution in [0.3, 0.4) is 0 Å². The van der Waals surface area contributed by atoms with E-state index in [1.54, 1.807) is 13.0 Å². The summed E-state index contributed by atoms with van der Waals surface area (Å²) in [5, 5.41) is -0.754. The summed E-state index contributed by atoms with van der Waals surface area (Å²) >= 11 is 17.8. The lowest BCUT2D eigenvalue weighted by Crippen LogP contribution is -2.69. The lowest BCUT2D eigenvalue weighted by molar-refractivity contribution is -0.189. The van der Waals surface area contributed by atoms with Crippen molar-refractivity contribution in [2.75, 3.05) is 6.61 Å². The quantitative estimate of drug-likeness (QED) is 0.338. The zero-order valence-electron chi connectivity index (χ0n) is 20.0. The fraction of sp³-hybridized carbons (Fsp3) is 0.680. The van der Waals surface area contributed by atoms with Crippen LogP contribution in [-0.2, 0) is 28.7 Å². The summed E-state index contributed by atoms with van der Waals surface area (Å²) in [6.07, 6.45) is 2.42. The summed E-state index contributed by atoms with van der Waals surface area (Å²) in [5.41, 5.74) is -3.28. The van der Waals surface area contributed by atoms with E-state index in [9.17, 15) is 19.2 Å². The number of halogens is 4. The molecule has 0 aromatic heterocycles. The number of alkyl halides is 3. The first-order valence-corrected chi connectivity index (χ1v) is 13.2. The summed E-state index contributed by atoms with van der Waals surface area (Å²) in [6, 6.07) is 0. The fourth-order valence-electron chi connectivity index (χ4n) is 7.39. The van der Waals surface area contributed by atoms with Gasteiger partial charge in [-0.3, -0.25) is 19.2 Å². The van der Waals surface area contributed by atoms with Crippen LogP contribution < -0.4 is 0 Å². The Labute approximate surface area is 222 Å². The van der Waals surface area contributed by atoms with Gasteiger partial charge in [-0.2, -0.15) is 0 Å². The molecular weight excluding hydrogens is 566 g/mol. The molecule has 8 atom stereocenters. The highest BCUT2D eigenvalue weighted by Gasteiger charge is 2.75. The van der Waals surface area contributed by atoms with Crippen LogP contribution in [0.15, 0.2) is 22.2 Å². The summed E-state index contributed by atoms with van der Waals surface area (Å²) in [5.74, 6) is -2.90. The largest absolute Gasteiger partial charge is 0.458 e. The van der Waals surface area contributed by atoms with Crippen LogP contribution in [0.25, 0.3) is 0 Å². The molecule has 3 saturated carbocycles. The van der Waals surface area contributed by atoms with Crippen molar-refractivity contribution in [3.63, 3.8) is 0 Å². The highest BCUT2D eigenvalue weighted by Crippen LogP contribution is 2.72. The molecule has 6 nitrogen and oxygen atoms in total. The Morgan fingerprint density at radius 3 is 2.46 bits per heavy atom. The molecule has 4 rings (SSSR count). The fourth-order valence-corrected chi connectivity index (χ4v) is 9.16. The van der Waals surface area contributed by atoms with E-state index in [0.717, 1.165) is 0 Å². The van der Waals surface area contributed by atoms with Crippen molar-refractivity contribution in [1.82, 2.24) is 0 Å².